The quantitative estimate of drug-likeness (QED) is 0.562. The molecule has 1 aromatic carbocycles. The molecule has 0 fully saturated rings. The van der Waals surface area contributed by atoms with Gasteiger partial charge in [-0.2, -0.15) is 0 Å². The average Bonchev–Trinajstić information content (AvgIpc) is 2.45. The Labute approximate surface area is 117 Å². The Kier molecular flexibility index (Phi) is 6.43. The Morgan fingerprint density at radius 1 is 1.15 bits per heavy atom. The number of hydrogen-bond donors (Lipinski definition) is 0. The predicted molar refractivity (Wildman–Crippen MR) is 71.7 cm³/mol. The molecule has 1 aromatic rings. The van der Waals surface area contributed by atoms with Crippen LogP contribution in [0.15, 0.2) is 30.3 Å². The molecule has 0 amide bonds. The Balaban J connectivity index is 2.31. The van der Waals surface area contributed by atoms with Crippen LogP contribution in [0.5, 0.6) is 0 Å². The zero-order chi connectivity index (χ0) is 15.0. The first-order valence-electron chi connectivity index (χ1n) is 6.32. The van der Waals surface area contributed by atoms with E-state index in [0.29, 0.717) is 0 Å². The average molecular weight is 278 g/mol. The highest BCUT2D eigenvalue weighted by molar-refractivity contribution is 5.96. The summed E-state index contributed by atoms with van der Waals surface area (Å²) < 4.78 is 9.51. The highest BCUT2D eigenvalue weighted by atomic mass is 16.5. The van der Waals surface area contributed by atoms with Crippen LogP contribution in [0.3, 0.4) is 0 Å². The van der Waals surface area contributed by atoms with Crippen molar-refractivity contribution in [2.45, 2.75) is 26.4 Å². The third-order valence-corrected chi connectivity index (χ3v) is 2.72. The first-order chi connectivity index (χ1) is 9.52. The minimum absolute atomic E-state index is 0.0207. The van der Waals surface area contributed by atoms with Crippen molar-refractivity contribution in [1.29, 1.82) is 0 Å². The van der Waals surface area contributed by atoms with Crippen LogP contribution in [0, 0.1) is 5.92 Å². The number of benzene rings is 1. The first-order valence-corrected chi connectivity index (χ1v) is 6.32. The summed E-state index contributed by atoms with van der Waals surface area (Å²) in [5.74, 6) is -1.93. The second kappa shape index (κ2) is 8.09. The number of ketones is 1. The van der Waals surface area contributed by atoms with Crippen molar-refractivity contribution in [1.82, 2.24) is 0 Å². The van der Waals surface area contributed by atoms with Gasteiger partial charge in [-0.15, -0.1) is 0 Å². The normalized spacial score (nSPS) is 11.5. The Morgan fingerprint density at radius 2 is 1.80 bits per heavy atom. The fraction of sp³-hybridized carbons (Fsp3) is 0.400. The molecule has 0 saturated heterocycles. The highest BCUT2D eigenvalue weighted by Crippen LogP contribution is 2.08. The van der Waals surface area contributed by atoms with Crippen LogP contribution >= 0.6 is 0 Å². The van der Waals surface area contributed by atoms with Crippen molar-refractivity contribution in [3.63, 3.8) is 0 Å². The molecule has 0 unspecified atom stereocenters. The number of carbonyl (C=O) groups is 3. The summed E-state index contributed by atoms with van der Waals surface area (Å²) >= 11 is 0. The molecule has 1 rings (SSSR count). The van der Waals surface area contributed by atoms with Crippen LogP contribution < -0.4 is 0 Å². The first kappa shape index (κ1) is 15.9. The van der Waals surface area contributed by atoms with Crippen LogP contribution in [0.1, 0.15) is 25.3 Å². The van der Waals surface area contributed by atoms with Gasteiger partial charge in [0.25, 0.3) is 0 Å². The van der Waals surface area contributed by atoms with E-state index in [4.69, 9.17) is 4.74 Å². The molecule has 0 radical (unpaired) electrons. The van der Waals surface area contributed by atoms with Crippen molar-refractivity contribution < 1.29 is 23.9 Å². The summed E-state index contributed by atoms with van der Waals surface area (Å²) in [5.41, 5.74) is 0.858. The summed E-state index contributed by atoms with van der Waals surface area (Å²) in [4.78, 5) is 34.2. The molecule has 0 aliphatic rings. The molecule has 108 valence electrons. The van der Waals surface area contributed by atoms with Gasteiger partial charge >= 0.3 is 11.9 Å². The van der Waals surface area contributed by atoms with Gasteiger partial charge in [-0.3, -0.25) is 14.4 Å². The number of methoxy groups -OCH3 is 1. The molecule has 0 aliphatic heterocycles. The Morgan fingerprint density at radius 3 is 2.40 bits per heavy atom. The fourth-order valence-electron chi connectivity index (χ4n) is 1.65. The maximum absolute atomic E-state index is 11.6. The van der Waals surface area contributed by atoms with Gasteiger partial charge in [0.2, 0.25) is 0 Å². The van der Waals surface area contributed by atoms with Crippen molar-refractivity contribution in [2.75, 3.05) is 7.11 Å². The van der Waals surface area contributed by atoms with E-state index >= 15 is 0 Å². The number of carbonyl (C=O) groups excluding carboxylic acids is 3. The zero-order valence-electron chi connectivity index (χ0n) is 11.6. The second-order valence-electron chi connectivity index (χ2n) is 4.49. The van der Waals surface area contributed by atoms with Crippen molar-refractivity contribution in [2.24, 2.45) is 5.92 Å². The minimum Gasteiger partial charge on any atom is -0.469 e. The van der Waals surface area contributed by atoms with Crippen LogP contribution in [-0.2, 0) is 30.5 Å². The van der Waals surface area contributed by atoms with Crippen LogP contribution in [0.4, 0.5) is 0 Å². The lowest BCUT2D eigenvalue weighted by Gasteiger charge is -2.08. The van der Waals surface area contributed by atoms with E-state index in [0.717, 1.165) is 5.56 Å². The highest BCUT2D eigenvalue weighted by Gasteiger charge is 2.19. The maximum atomic E-state index is 11.6. The van der Waals surface area contributed by atoms with Gasteiger partial charge in [0, 0.05) is 6.42 Å². The van der Waals surface area contributed by atoms with E-state index in [-0.39, 0.29) is 25.2 Å². The molecule has 0 spiro atoms. The summed E-state index contributed by atoms with van der Waals surface area (Å²) in [7, 11) is 1.26. The molecule has 0 N–H and O–H groups in total. The molecular weight excluding hydrogens is 260 g/mol. The Hall–Kier alpha value is -2.17. The minimum atomic E-state index is -0.587. The van der Waals surface area contributed by atoms with Crippen LogP contribution in [0.2, 0.25) is 0 Å². The molecular formula is C15H18O5. The van der Waals surface area contributed by atoms with Gasteiger partial charge in [0.15, 0.2) is 0 Å². The van der Waals surface area contributed by atoms with Gasteiger partial charge in [-0.1, -0.05) is 37.3 Å². The molecule has 5 nitrogen and oxygen atoms in total. The molecule has 0 bridgehead atoms. The van der Waals surface area contributed by atoms with Gasteiger partial charge in [-0.25, -0.2) is 0 Å². The van der Waals surface area contributed by atoms with Gasteiger partial charge < -0.3 is 9.47 Å². The summed E-state index contributed by atoms with van der Waals surface area (Å²) in [6, 6.07) is 9.20. The summed E-state index contributed by atoms with van der Waals surface area (Å²) in [6.45, 7) is 1.72. The Bertz CT molecular complexity index is 466. The third-order valence-electron chi connectivity index (χ3n) is 2.72. The smallest absolute Gasteiger partial charge is 0.313 e. The third kappa shape index (κ3) is 5.65. The van der Waals surface area contributed by atoms with Gasteiger partial charge in [-0.05, 0) is 5.56 Å². The lowest BCUT2D eigenvalue weighted by Crippen LogP contribution is -2.19. The number of Topliss-reactive ketones (excluding diaryl/α,β-unsaturated/α-hetero) is 1. The molecule has 0 saturated carbocycles. The molecule has 0 heterocycles. The van der Waals surface area contributed by atoms with E-state index in [2.05, 4.69) is 4.74 Å². The molecule has 1 atom stereocenters. The SMILES string of the molecule is COC(=O)[C@H](C)CC(=O)CC(=O)OCc1ccccc1. The largest absolute Gasteiger partial charge is 0.469 e. The number of rotatable bonds is 7. The maximum Gasteiger partial charge on any atom is 0.313 e. The lowest BCUT2D eigenvalue weighted by molar-refractivity contribution is -0.150. The summed E-state index contributed by atoms with van der Waals surface area (Å²) in [5, 5.41) is 0. The molecule has 0 aromatic heterocycles. The summed E-state index contributed by atoms with van der Waals surface area (Å²) in [6.07, 6.45) is -0.346. The van der Waals surface area contributed by atoms with E-state index in [1.807, 2.05) is 30.3 Å². The van der Waals surface area contributed by atoms with Crippen LogP contribution in [-0.4, -0.2) is 24.8 Å². The van der Waals surface area contributed by atoms with Gasteiger partial charge in [0.1, 0.15) is 18.8 Å². The van der Waals surface area contributed by atoms with Crippen molar-refractivity contribution >= 4 is 17.7 Å². The van der Waals surface area contributed by atoms with Crippen molar-refractivity contribution in [3.8, 4) is 0 Å². The number of esters is 2. The topological polar surface area (TPSA) is 69.7 Å². The lowest BCUT2D eigenvalue weighted by atomic mass is 10.0. The second-order valence-corrected chi connectivity index (χ2v) is 4.49. The number of ether oxygens (including phenoxy) is 2. The van der Waals surface area contributed by atoms with E-state index in [9.17, 15) is 14.4 Å². The zero-order valence-corrected chi connectivity index (χ0v) is 11.6. The standard InChI is InChI=1S/C15H18O5/c1-11(15(18)19-2)8-13(16)9-14(17)20-10-12-6-4-3-5-7-12/h3-7,11H,8-10H2,1-2H3/t11-/m1/s1. The molecule has 5 heteroatoms. The van der Waals surface area contributed by atoms with E-state index in [1.54, 1.807) is 6.92 Å². The molecule has 0 aliphatic carbocycles. The van der Waals surface area contributed by atoms with Gasteiger partial charge in [0.05, 0.1) is 13.0 Å². The number of hydrogen-bond acceptors (Lipinski definition) is 5. The van der Waals surface area contributed by atoms with E-state index < -0.39 is 17.9 Å². The predicted octanol–water partition coefficient (Wildman–Crippen LogP) is 1.89. The monoisotopic (exact) mass is 278 g/mol. The van der Waals surface area contributed by atoms with Crippen molar-refractivity contribution in [3.05, 3.63) is 35.9 Å². The fourth-order valence-corrected chi connectivity index (χ4v) is 1.65. The molecule has 20 heavy (non-hydrogen) atoms. The van der Waals surface area contributed by atoms with E-state index in [1.165, 1.54) is 7.11 Å². The van der Waals surface area contributed by atoms with Crippen LogP contribution in [0.25, 0.3) is 0 Å².